The summed E-state index contributed by atoms with van der Waals surface area (Å²) in [5.74, 6) is 0.832. The highest BCUT2D eigenvalue weighted by molar-refractivity contribution is 9.10. The molecule has 2 aromatic carbocycles. The third-order valence-electron chi connectivity index (χ3n) is 8.39. The fraction of sp³-hybridized carbons (Fsp3) is 0.429. The number of hydrogen-bond acceptors (Lipinski definition) is 6. The molecule has 0 amide bonds. The van der Waals surface area contributed by atoms with E-state index in [1.807, 2.05) is 12.1 Å². The molecule has 2 atom stereocenters. The summed E-state index contributed by atoms with van der Waals surface area (Å²) in [7, 11) is 0. The SMILES string of the molecule is OC1(c2nc3c(F)cc(Br)cc3s2)C2CCC1CC(OCc1c(-c3c(Cl)cccc3Cl)noc1C1CC1)C2. The molecule has 2 aromatic heterocycles. The van der Waals surface area contributed by atoms with Crippen LogP contribution in [0.5, 0.6) is 0 Å². The lowest BCUT2D eigenvalue weighted by atomic mass is 9.73. The molecule has 3 aliphatic carbocycles. The van der Waals surface area contributed by atoms with Gasteiger partial charge in [0.1, 0.15) is 27.6 Å². The van der Waals surface area contributed by atoms with Gasteiger partial charge >= 0.3 is 0 Å². The molecule has 0 radical (unpaired) electrons. The Labute approximate surface area is 241 Å². The lowest BCUT2D eigenvalue weighted by Crippen LogP contribution is -2.44. The summed E-state index contributed by atoms with van der Waals surface area (Å²) in [4.78, 5) is 4.59. The van der Waals surface area contributed by atoms with Crippen molar-refractivity contribution < 1.29 is 18.8 Å². The average molecular weight is 638 g/mol. The molecule has 3 saturated carbocycles. The van der Waals surface area contributed by atoms with E-state index in [9.17, 15) is 9.50 Å². The summed E-state index contributed by atoms with van der Waals surface area (Å²) >= 11 is 17.8. The summed E-state index contributed by atoms with van der Waals surface area (Å²) in [6.45, 7) is 0.342. The van der Waals surface area contributed by atoms with Gasteiger partial charge in [-0.2, -0.15) is 0 Å². The zero-order chi connectivity index (χ0) is 26.2. The van der Waals surface area contributed by atoms with E-state index < -0.39 is 5.60 Å². The van der Waals surface area contributed by atoms with Crippen LogP contribution in [0.2, 0.25) is 10.0 Å². The number of halogens is 4. The van der Waals surface area contributed by atoms with Gasteiger partial charge in [0.2, 0.25) is 0 Å². The quantitative estimate of drug-likeness (QED) is 0.229. The molecule has 198 valence electrons. The zero-order valence-electron chi connectivity index (χ0n) is 20.2. The predicted octanol–water partition coefficient (Wildman–Crippen LogP) is 8.63. The van der Waals surface area contributed by atoms with E-state index in [4.69, 9.17) is 32.5 Å². The maximum absolute atomic E-state index is 14.5. The second-order valence-corrected chi connectivity index (χ2v) is 13.5. The molecule has 38 heavy (non-hydrogen) atoms. The maximum atomic E-state index is 14.5. The number of benzene rings is 2. The van der Waals surface area contributed by atoms with Crippen molar-refractivity contribution in [3.63, 3.8) is 0 Å². The van der Waals surface area contributed by atoms with Crippen molar-refractivity contribution in [3.8, 4) is 11.3 Å². The summed E-state index contributed by atoms with van der Waals surface area (Å²) in [6, 6.07) is 8.68. The van der Waals surface area contributed by atoms with E-state index in [-0.39, 0.29) is 23.8 Å². The first-order valence-electron chi connectivity index (χ1n) is 12.9. The van der Waals surface area contributed by atoms with Gasteiger partial charge in [0.15, 0.2) is 5.82 Å². The van der Waals surface area contributed by atoms with Crippen LogP contribution in [0.15, 0.2) is 39.3 Å². The minimum absolute atomic E-state index is 0.00109. The van der Waals surface area contributed by atoms with Crippen molar-refractivity contribution in [1.82, 2.24) is 10.1 Å². The van der Waals surface area contributed by atoms with Crippen LogP contribution in [0.4, 0.5) is 4.39 Å². The van der Waals surface area contributed by atoms with Crippen molar-refractivity contribution in [2.75, 3.05) is 0 Å². The average Bonchev–Trinajstić information content (AvgIpc) is 3.46. The van der Waals surface area contributed by atoms with E-state index in [2.05, 4.69) is 26.1 Å². The molecule has 3 aliphatic rings. The number of rotatable bonds is 6. The fourth-order valence-corrected chi connectivity index (χ4v) is 8.79. The largest absolute Gasteiger partial charge is 0.382 e. The number of aliphatic hydroxyl groups is 1. The Morgan fingerprint density at radius 1 is 1.13 bits per heavy atom. The fourth-order valence-electron chi connectivity index (χ4n) is 6.36. The molecule has 0 spiro atoms. The molecule has 1 N–H and O–H groups in total. The van der Waals surface area contributed by atoms with Gasteiger partial charge in [0, 0.05) is 21.5 Å². The van der Waals surface area contributed by atoms with Gasteiger partial charge in [-0.1, -0.05) is 50.4 Å². The summed E-state index contributed by atoms with van der Waals surface area (Å²) < 4.78 is 28.2. The van der Waals surface area contributed by atoms with Crippen LogP contribution in [-0.4, -0.2) is 21.4 Å². The lowest BCUT2D eigenvalue weighted by Gasteiger charge is -2.41. The molecule has 2 bridgehead atoms. The Balaban J connectivity index is 1.14. The topological polar surface area (TPSA) is 68.4 Å². The Kier molecular flexibility index (Phi) is 6.37. The molecule has 2 heterocycles. The van der Waals surface area contributed by atoms with Crippen LogP contribution in [0.3, 0.4) is 0 Å². The molecule has 0 aliphatic heterocycles. The first-order chi connectivity index (χ1) is 18.3. The first-order valence-corrected chi connectivity index (χ1v) is 15.2. The van der Waals surface area contributed by atoms with Gasteiger partial charge < -0.3 is 14.4 Å². The molecular weight excluding hydrogens is 614 g/mol. The summed E-state index contributed by atoms with van der Waals surface area (Å²) in [6.07, 6.45) is 5.32. The van der Waals surface area contributed by atoms with E-state index in [0.29, 0.717) is 61.7 Å². The third kappa shape index (κ3) is 4.14. The van der Waals surface area contributed by atoms with Gasteiger partial charge in [-0.25, -0.2) is 9.37 Å². The van der Waals surface area contributed by atoms with Crippen LogP contribution >= 0.6 is 50.5 Å². The number of aromatic nitrogens is 2. The molecule has 0 saturated heterocycles. The zero-order valence-corrected chi connectivity index (χ0v) is 24.1. The number of ether oxygens (including phenoxy) is 1. The molecular formula is C28H24BrCl2FN2O3S. The minimum atomic E-state index is -1.06. The molecule has 10 heteroatoms. The molecule has 2 unspecified atom stereocenters. The van der Waals surface area contributed by atoms with Crippen LogP contribution < -0.4 is 0 Å². The van der Waals surface area contributed by atoms with Crippen molar-refractivity contribution in [2.45, 2.75) is 62.8 Å². The van der Waals surface area contributed by atoms with Gasteiger partial charge in [0.25, 0.3) is 0 Å². The Morgan fingerprint density at radius 2 is 1.84 bits per heavy atom. The molecule has 3 fully saturated rings. The number of nitrogens with zero attached hydrogens (tertiary/aromatic N) is 2. The highest BCUT2D eigenvalue weighted by Gasteiger charge is 2.56. The van der Waals surface area contributed by atoms with Gasteiger partial charge in [-0.05, 0) is 74.6 Å². The van der Waals surface area contributed by atoms with E-state index >= 15 is 0 Å². The van der Waals surface area contributed by atoms with Crippen molar-refractivity contribution in [2.24, 2.45) is 11.8 Å². The van der Waals surface area contributed by atoms with E-state index in [1.165, 1.54) is 17.4 Å². The highest BCUT2D eigenvalue weighted by Crippen LogP contribution is 2.57. The lowest BCUT2D eigenvalue weighted by molar-refractivity contribution is -0.116. The summed E-state index contributed by atoms with van der Waals surface area (Å²) in [5, 5.41) is 18.0. The molecule has 5 nitrogen and oxygen atoms in total. The van der Waals surface area contributed by atoms with Gasteiger partial charge in [-0.15, -0.1) is 11.3 Å². The van der Waals surface area contributed by atoms with Crippen LogP contribution in [0.25, 0.3) is 21.5 Å². The second kappa shape index (κ2) is 9.53. The number of fused-ring (bicyclic) bond motifs is 3. The minimum Gasteiger partial charge on any atom is -0.382 e. The highest BCUT2D eigenvalue weighted by atomic mass is 79.9. The van der Waals surface area contributed by atoms with Crippen molar-refractivity contribution in [1.29, 1.82) is 0 Å². The van der Waals surface area contributed by atoms with Gasteiger partial charge in [0.05, 0.1) is 27.5 Å². The monoisotopic (exact) mass is 636 g/mol. The first kappa shape index (κ1) is 25.4. The standard InChI is InChI=1S/C28H24BrCl2FN2O3S/c29-16-10-21(32)25-22(11-16)38-27(33-25)28(35)14-6-7-15(28)9-17(8-14)36-12-18-24(34-37-26(18)13-4-5-13)23-19(30)2-1-3-20(23)31/h1-3,10-11,13-15,17,35H,4-9,12H2. The smallest absolute Gasteiger partial charge is 0.151 e. The molecule has 4 aromatic rings. The van der Waals surface area contributed by atoms with E-state index in [1.54, 1.807) is 12.1 Å². The third-order valence-corrected chi connectivity index (χ3v) is 10.6. The Morgan fingerprint density at radius 3 is 2.53 bits per heavy atom. The van der Waals surface area contributed by atoms with Crippen LogP contribution in [0, 0.1) is 17.7 Å². The Hall–Kier alpha value is -1.55. The van der Waals surface area contributed by atoms with Crippen LogP contribution in [0.1, 0.15) is 60.8 Å². The normalized spacial score (nSPS) is 26.9. The van der Waals surface area contributed by atoms with Crippen molar-refractivity contribution in [3.05, 3.63) is 67.0 Å². The predicted molar refractivity (Wildman–Crippen MR) is 149 cm³/mol. The van der Waals surface area contributed by atoms with E-state index in [0.717, 1.165) is 41.7 Å². The summed E-state index contributed by atoms with van der Waals surface area (Å²) in [5.41, 5.74) is 1.47. The maximum Gasteiger partial charge on any atom is 0.151 e. The second-order valence-electron chi connectivity index (χ2n) is 10.7. The Bertz CT molecular complexity index is 1520. The number of hydrogen-bond donors (Lipinski definition) is 1. The number of thiazole rings is 1. The van der Waals surface area contributed by atoms with Crippen LogP contribution in [-0.2, 0) is 16.9 Å². The van der Waals surface area contributed by atoms with Gasteiger partial charge in [-0.3, -0.25) is 0 Å². The van der Waals surface area contributed by atoms with Crippen molar-refractivity contribution >= 4 is 60.7 Å². The molecule has 7 rings (SSSR count).